The van der Waals surface area contributed by atoms with Crippen LogP contribution in [0, 0.1) is 22.7 Å². The van der Waals surface area contributed by atoms with E-state index >= 15 is 0 Å². The largest absolute Gasteiger partial charge is 0.433 e. The number of nitrogens with one attached hydrogen (secondary N) is 1. The third kappa shape index (κ3) is 4.65. The van der Waals surface area contributed by atoms with Crippen LogP contribution in [0.1, 0.15) is 42.8 Å². The van der Waals surface area contributed by atoms with E-state index in [1.807, 2.05) is 13.8 Å². The highest BCUT2D eigenvalue weighted by Gasteiger charge is 2.47. The number of aromatic nitrogens is 3. The monoisotopic (exact) mass is 405 g/mol. The molecule has 1 aliphatic carbocycles. The molecule has 3 rings (SSSR count). The molecule has 154 valence electrons. The highest BCUT2D eigenvalue weighted by atomic mass is 19.4. The summed E-state index contributed by atoms with van der Waals surface area (Å²) in [6, 6.07) is 4.65. The van der Waals surface area contributed by atoms with Crippen LogP contribution in [0.15, 0.2) is 24.5 Å². The molecule has 9 heteroatoms. The lowest BCUT2D eigenvalue weighted by Gasteiger charge is -2.49. The van der Waals surface area contributed by atoms with Crippen LogP contribution in [-0.2, 0) is 19.0 Å². The van der Waals surface area contributed by atoms with Gasteiger partial charge in [0, 0.05) is 12.7 Å². The van der Waals surface area contributed by atoms with Crippen molar-refractivity contribution < 1.29 is 18.3 Å². The Bertz CT molecular complexity index is 923. The van der Waals surface area contributed by atoms with Crippen LogP contribution in [0.5, 0.6) is 0 Å². The van der Waals surface area contributed by atoms with Gasteiger partial charge in [0.25, 0.3) is 0 Å². The van der Waals surface area contributed by atoms with Crippen molar-refractivity contribution in [1.82, 2.24) is 15.0 Å². The van der Waals surface area contributed by atoms with Crippen LogP contribution in [0.2, 0.25) is 0 Å². The van der Waals surface area contributed by atoms with E-state index in [-0.39, 0.29) is 17.4 Å². The summed E-state index contributed by atoms with van der Waals surface area (Å²) in [4.78, 5) is 11.9. The van der Waals surface area contributed by atoms with Crippen molar-refractivity contribution in [2.75, 3.05) is 11.9 Å². The zero-order chi connectivity index (χ0) is 21.2. The van der Waals surface area contributed by atoms with E-state index in [1.54, 1.807) is 0 Å². The van der Waals surface area contributed by atoms with Gasteiger partial charge in [-0.2, -0.15) is 18.4 Å². The summed E-state index contributed by atoms with van der Waals surface area (Å²) < 4.78 is 38.2. The fourth-order valence-electron chi connectivity index (χ4n) is 3.42. The predicted molar refractivity (Wildman–Crippen MR) is 99.8 cm³/mol. The molecule has 1 fully saturated rings. The number of anilines is 1. The molecule has 2 heterocycles. The van der Waals surface area contributed by atoms with Gasteiger partial charge >= 0.3 is 6.18 Å². The molecule has 0 saturated heterocycles. The Morgan fingerprint density at radius 1 is 1.34 bits per heavy atom. The number of hydrogen-bond donors (Lipinski definition) is 2. The molecule has 0 unspecified atom stereocenters. The summed E-state index contributed by atoms with van der Waals surface area (Å²) in [6.07, 6.45) is -0.690. The molecule has 2 atom stereocenters. The van der Waals surface area contributed by atoms with Crippen molar-refractivity contribution in [2.45, 2.75) is 45.4 Å². The summed E-state index contributed by atoms with van der Waals surface area (Å²) >= 11 is 0. The molecule has 0 radical (unpaired) electrons. The molecule has 0 spiro atoms. The number of rotatable bonds is 6. The van der Waals surface area contributed by atoms with Gasteiger partial charge in [0.15, 0.2) is 0 Å². The van der Waals surface area contributed by atoms with Crippen LogP contribution < -0.4 is 5.32 Å². The standard InChI is InChI=1S/C20H22F3N5O/c1-19(2)14(9-17(19)29)8-15-13(10-24)11-27-18(28-15)26-6-4-12-3-5-25-16(7-12)20(21,22)23/h3,5,7,11,14,17,29H,4,6,8-9H2,1-2H3,(H,26,27,28)/t14-,17+/m1/s1. The number of pyridine rings is 1. The molecule has 2 N–H and O–H groups in total. The molecular weight excluding hydrogens is 383 g/mol. The van der Waals surface area contributed by atoms with E-state index in [9.17, 15) is 23.5 Å². The third-order valence-corrected chi connectivity index (χ3v) is 5.66. The van der Waals surface area contributed by atoms with Gasteiger partial charge in [0.05, 0.1) is 23.6 Å². The van der Waals surface area contributed by atoms with Gasteiger partial charge in [0.1, 0.15) is 11.8 Å². The number of hydrogen-bond acceptors (Lipinski definition) is 6. The van der Waals surface area contributed by atoms with Crippen molar-refractivity contribution in [3.8, 4) is 6.07 Å². The third-order valence-electron chi connectivity index (χ3n) is 5.66. The number of nitriles is 1. The Hall–Kier alpha value is -2.73. The molecular formula is C20H22F3N5O. The van der Waals surface area contributed by atoms with Crippen LogP contribution in [0.3, 0.4) is 0 Å². The molecule has 0 bridgehead atoms. The van der Waals surface area contributed by atoms with Gasteiger partial charge in [-0.1, -0.05) is 13.8 Å². The summed E-state index contributed by atoms with van der Waals surface area (Å²) in [5.74, 6) is 0.534. The zero-order valence-electron chi connectivity index (χ0n) is 16.2. The second-order valence-corrected chi connectivity index (χ2v) is 7.86. The Labute approximate surface area is 166 Å². The summed E-state index contributed by atoms with van der Waals surface area (Å²) in [5, 5.41) is 22.2. The van der Waals surface area contributed by atoms with Crippen molar-refractivity contribution >= 4 is 5.95 Å². The van der Waals surface area contributed by atoms with Crippen molar-refractivity contribution in [3.05, 3.63) is 47.0 Å². The SMILES string of the molecule is CC1(C)[C@H](Cc2nc(NCCc3ccnc(C(F)(F)F)c3)ncc2C#N)C[C@@H]1O. The first kappa shape index (κ1) is 21.0. The maximum Gasteiger partial charge on any atom is 0.433 e. The van der Waals surface area contributed by atoms with Gasteiger partial charge in [-0.05, 0) is 48.3 Å². The molecule has 0 aliphatic heterocycles. The maximum atomic E-state index is 12.7. The van der Waals surface area contributed by atoms with E-state index in [0.29, 0.717) is 48.6 Å². The lowest BCUT2D eigenvalue weighted by Crippen LogP contribution is -2.50. The lowest BCUT2D eigenvalue weighted by atomic mass is 9.58. The molecule has 29 heavy (non-hydrogen) atoms. The molecule has 0 aromatic carbocycles. The molecule has 0 amide bonds. The summed E-state index contributed by atoms with van der Waals surface area (Å²) in [6.45, 7) is 4.31. The first-order valence-corrected chi connectivity index (χ1v) is 9.31. The van der Waals surface area contributed by atoms with E-state index in [4.69, 9.17) is 0 Å². The first-order chi connectivity index (χ1) is 13.6. The highest BCUT2D eigenvalue weighted by molar-refractivity contribution is 5.37. The maximum absolute atomic E-state index is 12.7. The second-order valence-electron chi connectivity index (χ2n) is 7.86. The smallest absolute Gasteiger partial charge is 0.393 e. The average Bonchev–Trinajstić information content (AvgIpc) is 2.67. The topological polar surface area (TPSA) is 94.7 Å². The minimum absolute atomic E-state index is 0.213. The van der Waals surface area contributed by atoms with Gasteiger partial charge in [0.2, 0.25) is 5.95 Å². The minimum atomic E-state index is -4.47. The van der Waals surface area contributed by atoms with Gasteiger partial charge in [-0.25, -0.2) is 9.97 Å². The zero-order valence-corrected chi connectivity index (χ0v) is 16.2. The van der Waals surface area contributed by atoms with E-state index in [1.165, 1.54) is 12.3 Å². The number of halogens is 3. The Morgan fingerprint density at radius 2 is 2.10 bits per heavy atom. The van der Waals surface area contributed by atoms with Gasteiger partial charge in [-0.3, -0.25) is 4.98 Å². The highest BCUT2D eigenvalue weighted by Crippen LogP contribution is 2.47. The summed E-state index contributed by atoms with van der Waals surface area (Å²) in [5.41, 5.74) is 0.342. The van der Waals surface area contributed by atoms with Crippen LogP contribution >= 0.6 is 0 Å². The predicted octanol–water partition coefficient (Wildman–Crippen LogP) is 3.37. The normalized spacial score (nSPS) is 20.6. The Kier molecular flexibility index (Phi) is 5.75. The number of nitrogens with zero attached hydrogens (tertiary/aromatic N) is 4. The van der Waals surface area contributed by atoms with Gasteiger partial charge < -0.3 is 10.4 Å². The molecule has 1 aliphatic rings. The number of aliphatic hydroxyl groups is 1. The lowest BCUT2D eigenvalue weighted by molar-refractivity contribution is -0.141. The molecule has 2 aromatic heterocycles. The second kappa shape index (κ2) is 7.95. The molecule has 2 aromatic rings. The summed E-state index contributed by atoms with van der Waals surface area (Å²) in [7, 11) is 0. The Balaban J connectivity index is 1.64. The number of alkyl halides is 3. The van der Waals surface area contributed by atoms with Crippen LogP contribution in [0.4, 0.5) is 19.1 Å². The minimum Gasteiger partial charge on any atom is -0.393 e. The van der Waals surface area contributed by atoms with E-state index in [0.717, 1.165) is 12.3 Å². The van der Waals surface area contributed by atoms with Crippen molar-refractivity contribution in [1.29, 1.82) is 5.26 Å². The Morgan fingerprint density at radius 3 is 2.72 bits per heavy atom. The van der Waals surface area contributed by atoms with E-state index < -0.39 is 11.9 Å². The van der Waals surface area contributed by atoms with Gasteiger partial charge in [-0.15, -0.1) is 0 Å². The fourth-order valence-corrected chi connectivity index (χ4v) is 3.42. The first-order valence-electron chi connectivity index (χ1n) is 9.31. The molecule has 6 nitrogen and oxygen atoms in total. The number of aliphatic hydroxyl groups excluding tert-OH is 1. The van der Waals surface area contributed by atoms with Crippen molar-refractivity contribution in [2.24, 2.45) is 11.3 Å². The quantitative estimate of drug-likeness (QED) is 0.765. The van der Waals surface area contributed by atoms with E-state index in [2.05, 4.69) is 26.3 Å². The average molecular weight is 405 g/mol. The van der Waals surface area contributed by atoms with Crippen LogP contribution in [-0.4, -0.2) is 32.7 Å². The van der Waals surface area contributed by atoms with Crippen LogP contribution in [0.25, 0.3) is 0 Å². The van der Waals surface area contributed by atoms with Crippen molar-refractivity contribution in [3.63, 3.8) is 0 Å². The fraction of sp³-hybridized carbons (Fsp3) is 0.500. The molecule has 1 saturated carbocycles.